The van der Waals surface area contributed by atoms with Crippen molar-refractivity contribution in [2.24, 2.45) is 0 Å². The Bertz CT molecular complexity index is 1160. The summed E-state index contributed by atoms with van der Waals surface area (Å²) in [5.41, 5.74) is 2.16. The number of anilines is 1. The fourth-order valence-corrected chi connectivity index (χ4v) is 3.22. The van der Waals surface area contributed by atoms with E-state index < -0.39 is 12.1 Å². The molecule has 0 saturated heterocycles. The van der Waals surface area contributed by atoms with Crippen molar-refractivity contribution in [3.63, 3.8) is 0 Å². The molecule has 7 nitrogen and oxygen atoms in total. The molecule has 0 spiro atoms. The average molecular weight is 449 g/mol. The van der Waals surface area contributed by atoms with Crippen molar-refractivity contribution in [3.05, 3.63) is 95.3 Å². The summed E-state index contributed by atoms with van der Waals surface area (Å²) in [5.74, 6) is 1.36. The molecule has 4 rings (SSSR count). The molecule has 162 valence electrons. The topological polar surface area (TPSA) is 89.3 Å². The second-order valence-corrected chi connectivity index (χ2v) is 7.29. The van der Waals surface area contributed by atoms with Gasteiger partial charge in [-0.25, -0.2) is 4.79 Å². The number of hydrogen-bond donors (Lipinski definition) is 2. The minimum absolute atomic E-state index is 0.257. The first-order chi connectivity index (χ1) is 15.6. The van der Waals surface area contributed by atoms with Gasteiger partial charge in [-0.05, 0) is 61.0 Å². The quantitative estimate of drug-likeness (QED) is 0.378. The Morgan fingerprint density at radius 1 is 1.00 bits per heavy atom. The standard InChI is InChI=1S/C24H21ClN4O3/c1-2-31-20-14-12-19(13-15-20)26-24(30)27-21(16-8-10-18(25)11-9-16)23-29-28-22(32-23)17-6-4-3-5-7-17/h3-15,21H,2H2,1H3,(H2,26,27,30)/t21-/m0/s1. The Balaban J connectivity index is 1.55. The van der Waals surface area contributed by atoms with Crippen molar-refractivity contribution < 1.29 is 13.9 Å². The maximum absolute atomic E-state index is 12.8. The number of urea groups is 1. The summed E-state index contributed by atoms with van der Waals surface area (Å²) in [6.07, 6.45) is 0. The summed E-state index contributed by atoms with van der Waals surface area (Å²) in [6, 6.07) is 22.5. The molecule has 8 heteroatoms. The van der Waals surface area contributed by atoms with Crippen LogP contribution in [0.15, 0.2) is 83.3 Å². The summed E-state index contributed by atoms with van der Waals surface area (Å²) in [6.45, 7) is 2.49. The molecule has 0 aliphatic heterocycles. The summed E-state index contributed by atoms with van der Waals surface area (Å²) in [4.78, 5) is 12.8. The van der Waals surface area contributed by atoms with Crippen LogP contribution in [0.4, 0.5) is 10.5 Å². The van der Waals surface area contributed by atoms with Crippen LogP contribution in [-0.2, 0) is 0 Å². The van der Waals surface area contributed by atoms with Gasteiger partial charge in [-0.15, -0.1) is 10.2 Å². The predicted octanol–water partition coefficient (Wildman–Crippen LogP) is 5.70. The Morgan fingerprint density at radius 3 is 2.41 bits per heavy atom. The molecule has 0 bridgehead atoms. The van der Waals surface area contributed by atoms with Crippen molar-refractivity contribution in [2.45, 2.75) is 13.0 Å². The zero-order chi connectivity index (χ0) is 22.3. The summed E-state index contributed by atoms with van der Waals surface area (Å²) in [5, 5.41) is 14.6. The van der Waals surface area contributed by atoms with Gasteiger partial charge in [0.05, 0.1) is 6.61 Å². The molecule has 0 aliphatic rings. The van der Waals surface area contributed by atoms with Crippen LogP contribution >= 0.6 is 11.6 Å². The van der Waals surface area contributed by atoms with Gasteiger partial charge in [0.25, 0.3) is 0 Å². The highest BCUT2D eigenvalue weighted by atomic mass is 35.5. The third kappa shape index (κ3) is 5.25. The highest BCUT2D eigenvalue weighted by molar-refractivity contribution is 6.30. The molecular weight excluding hydrogens is 428 g/mol. The molecule has 0 fully saturated rings. The Labute approximate surface area is 190 Å². The van der Waals surface area contributed by atoms with E-state index in [-0.39, 0.29) is 5.89 Å². The average Bonchev–Trinajstić information content (AvgIpc) is 3.30. The van der Waals surface area contributed by atoms with E-state index in [1.165, 1.54) is 0 Å². The number of nitrogens with zero attached hydrogens (tertiary/aromatic N) is 2. The third-order valence-corrected chi connectivity index (χ3v) is 4.86. The van der Waals surface area contributed by atoms with Crippen LogP contribution < -0.4 is 15.4 Å². The molecule has 32 heavy (non-hydrogen) atoms. The minimum Gasteiger partial charge on any atom is -0.494 e. The number of ether oxygens (including phenoxy) is 1. The molecule has 2 amide bonds. The van der Waals surface area contributed by atoms with Crippen LogP contribution in [0.5, 0.6) is 5.75 Å². The van der Waals surface area contributed by atoms with Crippen molar-refractivity contribution in [1.29, 1.82) is 0 Å². The van der Waals surface area contributed by atoms with E-state index in [0.717, 1.165) is 16.9 Å². The largest absolute Gasteiger partial charge is 0.494 e. The first kappa shape index (κ1) is 21.4. The number of nitrogens with one attached hydrogen (secondary N) is 2. The van der Waals surface area contributed by atoms with Gasteiger partial charge in [-0.2, -0.15) is 0 Å². The zero-order valence-corrected chi connectivity index (χ0v) is 18.0. The fourth-order valence-electron chi connectivity index (χ4n) is 3.09. The number of benzene rings is 3. The number of halogens is 1. The lowest BCUT2D eigenvalue weighted by molar-refractivity contribution is 0.248. The van der Waals surface area contributed by atoms with Crippen LogP contribution in [0.1, 0.15) is 24.4 Å². The molecule has 1 atom stereocenters. The van der Waals surface area contributed by atoms with Gasteiger partial charge < -0.3 is 19.8 Å². The van der Waals surface area contributed by atoms with E-state index in [2.05, 4.69) is 20.8 Å². The molecule has 1 heterocycles. The second kappa shape index (κ2) is 9.98. The van der Waals surface area contributed by atoms with Gasteiger partial charge in [0.1, 0.15) is 11.8 Å². The number of amides is 2. The number of carbonyl (C=O) groups is 1. The molecule has 0 unspecified atom stereocenters. The maximum Gasteiger partial charge on any atom is 0.320 e. The lowest BCUT2D eigenvalue weighted by atomic mass is 10.1. The van der Waals surface area contributed by atoms with Gasteiger partial charge in [0.15, 0.2) is 0 Å². The van der Waals surface area contributed by atoms with Crippen LogP contribution in [-0.4, -0.2) is 22.8 Å². The van der Waals surface area contributed by atoms with E-state index >= 15 is 0 Å². The van der Waals surface area contributed by atoms with Crippen LogP contribution in [0.25, 0.3) is 11.5 Å². The lowest BCUT2D eigenvalue weighted by Crippen LogP contribution is -2.33. The Morgan fingerprint density at radius 2 is 1.72 bits per heavy atom. The Hall–Kier alpha value is -3.84. The van der Waals surface area contributed by atoms with Crippen molar-refractivity contribution in [3.8, 4) is 17.2 Å². The van der Waals surface area contributed by atoms with Gasteiger partial charge in [-0.1, -0.05) is 41.9 Å². The molecule has 3 aromatic carbocycles. The third-order valence-electron chi connectivity index (χ3n) is 4.61. The minimum atomic E-state index is -0.667. The van der Waals surface area contributed by atoms with E-state index in [4.69, 9.17) is 20.8 Å². The normalized spacial score (nSPS) is 11.6. The fraction of sp³-hybridized carbons (Fsp3) is 0.125. The van der Waals surface area contributed by atoms with E-state index in [1.54, 1.807) is 48.5 Å². The van der Waals surface area contributed by atoms with E-state index in [0.29, 0.717) is 23.2 Å². The summed E-state index contributed by atoms with van der Waals surface area (Å²) < 4.78 is 11.3. The molecule has 4 aromatic rings. The van der Waals surface area contributed by atoms with Crippen LogP contribution in [0.2, 0.25) is 5.02 Å². The highest BCUT2D eigenvalue weighted by Gasteiger charge is 2.23. The molecule has 1 aromatic heterocycles. The molecule has 2 N–H and O–H groups in total. The van der Waals surface area contributed by atoms with Crippen LogP contribution in [0.3, 0.4) is 0 Å². The van der Waals surface area contributed by atoms with Crippen molar-refractivity contribution in [2.75, 3.05) is 11.9 Å². The van der Waals surface area contributed by atoms with Gasteiger partial charge in [-0.3, -0.25) is 0 Å². The summed E-state index contributed by atoms with van der Waals surface area (Å²) >= 11 is 6.03. The van der Waals surface area contributed by atoms with Crippen molar-refractivity contribution >= 4 is 23.3 Å². The zero-order valence-electron chi connectivity index (χ0n) is 17.3. The molecular formula is C24H21ClN4O3. The summed E-state index contributed by atoms with van der Waals surface area (Å²) in [7, 11) is 0. The number of aromatic nitrogens is 2. The highest BCUT2D eigenvalue weighted by Crippen LogP contribution is 2.26. The second-order valence-electron chi connectivity index (χ2n) is 6.85. The monoisotopic (exact) mass is 448 g/mol. The van der Waals surface area contributed by atoms with Crippen molar-refractivity contribution in [1.82, 2.24) is 15.5 Å². The Kier molecular flexibility index (Phi) is 6.67. The molecule has 0 radical (unpaired) electrons. The first-order valence-corrected chi connectivity index (χ1v) is 10.4. The molecule has 0 saturated carbocycles. The van der Waals surface area contributed by atoms with Gasteiger partial charge in [0, 0.05) is 16.3 Å². The van der Waals surface area contributed by atoms with E-state index in [9.17, 15) is 4.79 Å². The number of rotatable bonds is 7. The first-order valence-electron chi connectivity index (χ1n) is 10.1. The van der Waals surface area contributed by atoms with Gasteiger partial charge in [0.2, 0.25) is 11.8 Å². The predicted molar refractivity (Wildman–Crippen MR) is 123 cm³/mol. The maximum atomic E-state index is 12.8. The smallest absolute Gasteiger partial charge is 0.320 e. The SMILES string of the molecule is CCOc1ccc(NC(=O)N[C@@H](c2ccc(Cl)cc2)c2nnc(-c3ccccc3)o2)cc1. The number of hydrogen-bond acceptors (Lipinski definition) is 5. The number of carbonyl (C=O) groups excluding carboxylic acids is 1. The molecule has 0 aliphatic carbocycles. The lowest BCUT2D eigenvalue weighted by Gasteiger charge is -2.16. The van der Waals surface area contributed by atoms with Crippen LogP contribution in [0, 0.1) is 0 Å². The van der Waals surface area contributed by atoms with Gasteiger partial charge >= 0.3 is 6.03 Å². The van der Waals surface area contributed by atoms with E-state index in [1.807, 2.05) is 37.3 Å².